The summed E-state index contributed by atoms with van der Waals surface area (Å²) >= 11 is 0. The van der Waals surface area contributed by atoms with E-state index in [-0.39, 0.29) is 17.6 Å². The number of tetrazole rings is 1. The van der Waals surface area contributed by atoms with E-state index in [0.29, 0.717) is 22.6 Å². The molecule has 0 amide bonds. The first-order chi connectivity index (χ1) is 16.6. The Morgan fingerprint density at radius 2 is 1.76 bits per heavy atom. The quantitative estimate of drug-likeness (QED) is 0.565. The van der Waals surface area contributed by atoms with Crippen molar-refractivity contribution in [1.29, 1.82) is 0 Å². The van der Waals surface area contributed by atoms with Crippen molar-refractivity contribution in [3.63, 3.8) is 0 Å². The summed E-state index contributed by atoms with van der Waals surface area (Å²) in [5.74, 6) is 1.95. The number of likely N-dealkylation sites (N-methyl/N-ethyl adjacent to an activating group) is 1. The molecule has 2 fully saturated rings. The van der Waals surface area contributed by atoms with Crippen LogP contribution in [0.2, 0.25) is 0 Å². The summed E-state index contributed by atoms with van der Waals surface area (Å²) in [5, 5.41) is 13.8. The number of hydrogen-bond acceptors (Lipinski definition) is 8. The molecule has 0 radical (unpaired) electrons. The average molecular weight is 468 g/mol. The van der Waals surface area contributed by atoms with Crippen molar-refractivity contribution in [2.75, 3.05) is 46.9 Å². The largest absolute Gasteiger partial charge is 0.493 e. The molecule has 3 heterocycles. The first kappa shape index (κ1) is 22.8. The highest BCUT2D eigenvalue weighted by molar-refractivity contribution is 5.83. The van der Waals surface area contributed by atoms with Crippen molar-refractivity contribution in [1.82, 2.24) is 35.0 Å². The predicted molar refractivity (Wildman–Crippen MR) is 129 cm³/mol. The van der Waals surface area contributed by atoms with Crippen LogP contribution >= 0.6 is 0 Å². The Hall–Kier alpha value is -2.98. The van der Waals surface area contributed by atoms with E-state index in [0.717, 1.165) is 56.8 Å². The van der Waals surface area contributed by atoms with E-state index in [4.69, 9.17) is 9.47 Å². The molecule has 1 aromatic carbocycles. The van der Waals surface area contributed by atoms with Gasteiger partial charge in [0, 0.05) is 43.2 Å². The molecule has 182 valence electrons. The third-order valence-corrected chi connectivity index (χ3v) is 7.32. The lowest BCUT2D eigenvalue weighted by atomic mass is 10.0. The molecule has 2 aliphatic rings. The van der Waals surface area contributed by atoms with Crippen LogP contribution in [0.1, 0.15) is 56.1 Å². The van der Waals surface area contributed by atoms with Crippen LogP contribution in [-0.2, 0) is 0 Å². The first-order valence-corrected chi connectivity index (χ1v) is 12.2. The molecule has 10 heteroatoms. The summed E-state index contributed by atoms with van der Waals surface area (Å²) in [5.41, 5.74) is 1.22. The van der Waals surface area contributed by atoms with E-state index < -0.39 is 0 Å². The summed E-state index contributed by atoms with van der Waals surface area (Å²) in [6.45, 7) is 6.81. The zero-order valence-electron chi connectivity index (χ0n) is 20.2. The van der Waals surface area contributed by atoms with Crippen molar-refractivity contribution in [3.8, 4) is 11.5 Å². The number of ether oxygens (including phenoxy) is 2. The van der Waals surface area contributed by atoms with Gasteiger partial charge in [0.15, 0.2) is 17.3 Å². The fourth-order valence-electron chi connectivity index (χ4n) is 5.38. The number of aromatic amines is 1. The molecule has 1 N–H and O–H groups in total. The van der Waals surface area contributed by atoms with E-state index in [2.05, 4.69) is 37.2 Å². The molecule has 5 rings (SSSR count). The molecule has 2 aromatic heterocycles. The van der Waals surface area contributed by atoms with Crippen molar-refractivity contribution in [2.24, 2.45) is 0 Å². The highest BCUT2D eigenvalue weighted by Crippen LogP contribution is 2.35. The van der Waals surface area contributed by atoms with E-state index in [1.807, 2.05) is 16.8 Å². The van der Waals surface area contributed by atoms with Crippen LogP contribution in [0.3, 0.4) is 0 Å². The third kappa shape index (κ3) is 4.16. The Kier molecular flexibility index (Phi) is 6.51. The van der Waals surface area contributed by atoms with Crippen molar-refractivity contribution < 1.29 is 9.47 Å². The van der Waals surface area contributed by atoms with Crippen molar-refractivity contribution in [2.45, 2.75) is 44.7 Å². The van der Waals surface area contributed by atoms with Gasteiger partial charge in [-0.05, 0) is 41.9 Å². The van der Waals surface area contributed by atoms with Crippen LogP contribution in [0.15, 0.2) is 23.0 Å². The molecule has 0 spiro atoms. The summed E-state index contributed by atoms with van der Waals surface area (Å²) in [4.78, 5) is 21.3. The molecule has 1 atom stereocenters. The van der Waals surface area contributed by atoms with Gasteiger partial charge in [-0.3, -0.25) is 9.69 Å². The maximum Gasteiger partial charge on any atom is 0.253 e. The Labute approximate surface area is 198 Å². The Balaban J connectivity index is 1.62. The summed E-state index contributed by atoms with van der Waals surface area (Å²) in [7, 11) is 3.20. The normalized spacial score (nSPS) is 19.0. The number of nitrogens with zero attached hydrogens (tertiary/aromatic N) is 6. The van der Waals surface area contributed by atoms with Crippen molar-refractivity contribution in [3.05, 3.63) is 39.9 Å². The van der Waals surface area contributed by atoms with Crippen LogP contribution in [0, 0.1) is 0 Å². The van der Waals surface area contributed by atoms with Crippen LogP contribution in [0.5, 0.6) is 11.5 Å². The molecular weight excluding hydrogens is 434 g/mol. The summed E-state index contributed by atoms with van der Waals surface area (Å²) in [6.07, 6.45) is 4.50. The summed E-state index contributed by atoms with van der Waals surface area (Å²) < 4.78 is 12.9. The second kappa shape index (κ2) is 9.71. The molecule has 3 aromatic rings. The Bertz CT molecular complexity index is 1190. The number of H-pyrrole nitrogens is 1. The van der Waals surface area contributed by atoms with Gasteiger partial charge in [0.05, 0.1) is 25.8 Å². The molecule has 10 nitrogen and oxygen atoms in total. The topological polar surface area (TPSA) is 101 Å². The van der Waals surface area contributed by atoms with Crippen LogP contribution in [0.4, 0.5) is 0 Å². The lowest BCUT2D eigenvalue weighted by Gasteiger charge is -2.38. The van der Waals surface area contributed by atoms with Crippen LogP contribution in [-0.4, -0.2) is 81.9 Å². The number of methoxy groups -OCH3 is 2. The van der Waals surface area contributed by atoms with Gasteiger partial charge in [0.1, 0.15) is 6.04 Å². The lowest BCUT2D eigenvalue weighted by Crippen LogP contribution is -2.49. The van der Waals surface area contributed by atoms with E-state index in [9.17, 15) is 4.79 Å². The monoisotopic (exact) mass is 467 g/mol. The lowest BCUT2D eigenvalue weighted by molar-refractivity contribution is 0.107. The number of nitrogens with one attached hydrogen (secondary N) is 1. The number of aromatic nitrogens is 5. The fourth-order valence-corrected chi connectivity index (χ4v) is 5.38. The number of piperazine rings is 1. The molecule has 0 bridgehead atoms. The van der Waals surface area contributed by atoms with E-state index in [1.54, 1.807) is 20.3 Å². The standard InChI is InChI=1S/C24H33N7O3/c1-4-29-9-11-30(12-10-29)22(23-26-27-28-31(23)17-7-5-6-8-17)18-13-16-14-20(33-2)21(34-3)15-19(16)25-24(18)32/h13-15,17,22H,4-12H2,1-3H3,(H,25,32)/t22-/m0/s1. The van der Waals surface area contributed by atoms with Crippen LogP contribution in [0.25, 0.3) is 10.9 Å². The van der Waals surface area contributed by atoms with Gasteiger partial charge in [0.25, 0.3) is 5.56 Å². The van der Waals surface area contributed by atoms with Gasteiger partial charge in [-0.1, -0.05) is 19.8 Å². The highest BCUT2D eigenvalue weighted by atomic mass is 16.5. The zero-order chi connectivity index (χ0) is 23.7. The highest BCUT2D eigenvalue weighted by Gasteiger charge is 2.34. The molecule has 1 aliphatic heterocycles. The molecule has 1 saturated heterocycles. The van der Waals surface area contributed by atoms with Gasteiger partial charge >= 0.3 is 0 Å². The van der Waals surface area contributed by atoms with E-state index >= 15 is 0 Å². The second-order valence-corrected chi connectivity index (χ2v) is 9.14. The van der Waals surface area contributed by atoms with Gasteiger partial charge in [-0.2, -0.15) is 0 Å². The molecule has 0 unspecified atom stereocenters. The van der Waals surface area contributed by atoms with Crippen molar-refractivity contribution >= 4 is 10.9 Å². The smallest absolute Gasteiger partial charge is 0.253 e. The van der Waals surface area contributed by atoms with E-state index in [1.165, 1.54) is 12.8 Å². The Morgan fingerprint density at radius 3 is 2.44 bits per heavy atom. The minimum atomic E-state index is -0.323. The van der Waals surface area contributed by atoms with Gasteiger partial charge in [-0.25, -0.2) is 4.68 Å². The first-order valence-electron chi connectivity index (χ1n) is 12.2. The number of pyridine rings is 1. The predicted octanol–water partition coefficient (Wildman–Crippen LogP) is 2.37. The zero-order valence-corrected chi connectivity index (χ0v) is 20.2. The second-order valence-electron chi connectivity index (χ2n) is 9.14. The number of hydrogen-bond donors (Lipinski definition) is 1. The molecule has 1 aliphatic carbocycles. The minimum Gasteiger partial charge on any atom is -0.493 e. The van der Waals surface area contributed by atoms with Gasteiger partial charge < -0.3 is 19.4 Å². The van der Waals surface area contributed by atoms with Gasteiger partial charge in [-0.15, -0.1) is 5.10 Å². The average Bonchev–Trinajstić information content (AvgIpc) is 3.56. The molecular formula is C24H33N7O3. The number of rotatable bonds is 7. The molecule has 34 heavy (non-hydrogen) atoms. The van der Waals surface area contributed by atoms with Gasteiger partial charge in [0.2, 0.25) is 0 Å². The summed E-state index contributed by atoms with van der Waals surface area (Å²) in [6, 6.07) is 5.63. The minimum absolute atomic E-state index is 0.136. The Morgan fingerprint density at radius 1 is 1.06 bits per heavy atom. The third-order valence-electron chi connectivity index (χ3n) is 7.32. The fraction of sp³-hybridized carbons (Fsp3) is 0.583. The molecule has 1 saturated carbocycles. The maximum absolute atomic E-state index is 13.5. The maximum atomic E-state index is 13.5. The number of fused-ring (bicyclic) bond motifs is 1. The number of benzene rings is 1. The SMILES string of the molecule is CCN1CCN([C@@H](c2cc3cc(OC)c(OC)cc3[nH]c2=O)c2nnnn2C2CCCC2)CC1. The van der Waals surface area contributed by atoms with Crippen LogP contribution < -0.4 is 15.0 Å².